The molecule has 0 saturated carbocycles. The van der Waals surface area contributed by atoms with E-state index in [-0.39, 0.29) is 37.5 Å². The minimum absolute atomic E-state index is 0.0761. The highest BCUT2D eigenvalue weighted by atomic mass is 35.5. The molecule has 1 atom stereocenters. The van der Waals surface area contributed by atoms with Crippen molar-refractivity contribution in [2.75, 3.05) is 0 Å². The van der Waals surface area contributed by atoms with Crippen LogP contribution < -0.4 is 0 Å². The van der Waals surface area contributed by atoms with E-state index < -0.39 is 25.6 Å². The number of phenols is 2. The Hall–Kier alpha value is -1.67. The Kier molecular flexibility index (Phi) is 5.98. The highest BCUT2D eigenvalue weighted by Crippen LogP contribution is 2.51. The van der Waals surface area contributed by atoms with Crippen molar-refractivity contribution < 1.29 is 23.2 Å². The van der Waals surface area contributed by atoms with Gasteiger partial charge in [-0.1, -0.05) is 70.7 Å². The molecule has 0 saturated heterocycles. The lowest BCUT2D eigenvalue weighted by Crippen LogP contribution is -2.38. The zero-order chi connectivity index (χ0) is 21.6. The van der Waals surface area contributed by atoms with E-state index in [1.54, 1.807) is 0 Å². The van der Waals surface area contributed by atoms with E-state index in [4.69, 9.17) is 46.4 Å². The summed E-state index contributed by atoms with van der Waals surface area (Å²) in [5.74, 6) is -0.848. The van der Waals surface area contributed by atoms with E-state index in [1.165, 1.54) is 48.5 Å². The summed E-state index contributed by atoms with van der Waals surface area (Å²) < 4.78 is 34.0. The second-order valence-electron chi connectivity index (χ2n) is 6.09. The van der Waals surface area contributed by atoms with Crippen LogP contribution in [0.3, 0.4) is 0 Å². The van der Waals surface area contributed by atoms with Crippen LogP contribution in [0.4, 0.5) is 0 Å². The van der Waals surface area contributed by atoms with E-state index >= 15 is 0 Å². The fraction of sp³-hybridized carbons (Fsp3) is 0.0526. The molecule has 0 fully saturated rings. The summed E-state index contributed by atoms with van der Waals surface area (Å²) in [6.45, 7) is 0. The van der Waals surface area contributed by atoms with Gasteiger partial charge in [-0.15, -0.1) is 0 Å². The maximum absolute atomic E-state index is 13.0. The van der Waals surface area contributed by atoms with Crippen LogP contribution in [0.5, 0.6) is 11.5 Å². The van der Waals surface area contributed by atoms with Gasteiger partial charge in [0.05, 0.1) is 10.0 Å². The number of aromatic hydroxyl groups is 2. The SMILES string of the molecule is O=S(=O)(O)C(c1cccc(O)c1)(c1ccc(Cl)cc1Cl)c1ccc(Cl)c(O)c1Cl. The monoisotopic (exact) mass is 492 g/mol. The largest absolute Gasteiger partial charge is 0.508 e. The standard InChI is InChI=1S/C19H12Cl4O5S/c20-11-4-5-13(16(22)9-11)19(29(26,27)28,10-2-1-3-12(24)8-10)14-6-7-15(21)18(25)17(14)23/h1-9,24-25H,(H,26,27,28). The van der Waals surface area contributed by atoms with Gasteiger partial charge in [0.2, 0.25) is 0 Å². The number of hydrogen-bond acceptors (Lipinski definition) is 4. The van der Waals surface area contributed by atoms with E-state index in [1.807, 2.05) is 0 Å². The quantitative estimate of drug-likeness (QED) is 0.311. The number of benzene rings is 3. The third kappa shape index (κ3) is 3.65. The summed E-state index contributed by atoms with van der Waals surface area (Å²) in [5.41, 5.74) is -0.397. The fourth-order valence-corrected chi connectivity index (χ4v) is 5.70. The molecule has 5 nitrogen and oxygen atoms in total. The molecule has 3 aromatic rings. The predicted octanol–water partition coefficient (Wildman–Crippen LogP) is 5.89. The zero-order valence-electron chi connectivity index (χ0n) is 14.3. The molecule has 0 bridgehead atoms. The van der Waals surface area contributed by atoms with Crippen molar-refractivity contribution in [1.29, 1.82) is 0 Å². The lowest BCUT2D eigenvalue weighted by atomic mass is 9.83. The molecule has 29 heavy (non-hydrogen) atoms. The molecule has 152 valence electrons. The summed E-state index contributed by atoms with van der Waals surface area (Å²) in [6, 6.07) is 11.7. The van der Waals surface area contributed by atoms with Crippen LogP contribution in [-0.2, 0) is 14.9 Å². The van der Waals surface area contributed by atoms with Crippen molar-refractivity contribution in [2.24, 2.45) is 0 Å². The minimum Gasteiger partial charge on any atom is -0.508 e. The molecule has 3 aromatic carbocycles. The average Bonchev–Trinajstić information content (AvgIpc) is 2.62. The van der Waals surface area contributed by atoms with Gasteiger partial charge in [0.15, 0.2) is 10.5 Å². The minimum atomic E-state index is -5.07. The summed E-state index contributed by atoms with van der Waals surface area (Å²) >= 11 is 24.4. The molecule has 3 N–H and O–H groups in total. The molecule has 0 aliphatic carbocycles. The van der Waals surface area contributed by atoms with Crippen LogP contribution in [0.25, 0.3) is 0 Å². The van der Waals surface area contributed by atoms with Crippen LogP contribution in [0, 0.1) is 0 Å². The van der Waals surface area contributed by atoms with Crippen LogP contribution in [0.1, 0.15) is 16.7 Å². The van der Waals surface area contributed by atoms with Gasteiger partial charge in [0, 0.05) is 21.2 Å². The topological polar surface area (TPSA) is 94.8 Å². The fourth-order valence-electron chi connectivity index (χ4n) is 3.20. The first-order valence-electron chi connectivity index (χ1n) is 7.89. The second-order valence-corrected chi connectivity index (χ2v) is 9.28. The Bertz CT molecular complexity index is 1210. The Morgan fingerprint density at radius 1 is 0.793 bits per heavy atom. The van der Waals surface area contributed by atoms with Gasteiger partial charge in [0.25, 0.3) is 10.1 Å². The van der Waals surface area contributed by atoms with Gasteiger partial charge in [0.1, 0.15) is 5.75 Å². The van der Waals surface area contributed by atoms with Gasteiger partial charge in [-0.05, 0) is 35.9 Å². The van der Waals surface area contributed by atoms with Gasteiger partial charge < -0.3 is 10.2 Å². The Morgan fingerprint density at radius 2 is 1.45 bits per heavy atom. The van der Waals surface area contributed by atoms with Crippen molar-refractivity contribution >= 4 is 56.5 Å². The summed E-state index contributed by atoms with van der Waals surface area (Å²) in [7, 11) is -5.07. The highest BCUT2D eigenvalue weighted by Gasteiger charge is 2.51. The first-order chi connectivity index (χ1) is 13.5. The predicted molar refractivity (Wildman–Crippen MR) is 114 cm³/mol. The number of hydrogen-bond donors (Lipinski definition) is 3. The Morgan fingerprint density at radius 3 is 2.03 bits per heavy atom. The third-order valence-corrected chi connectivity index (χ3v) is 7.08. The van der Waals surface area contributed by atoms with Crippen molar-refractivity contribution in [3.63, 3.8) is 0 Å². The Balaban J connectivity index is 2.61. The molecule has 0 spiro atoms. The Labute approximate surface area is 186 Å². The average molecular weight is 494 g/mol. The maximum Gasteiger partial charge on any atom is 0.283 e. The van der Waals surface area contributed by atoms with Crippen LogP contribution in [0.2, 0.25) is 20.1 Å². The molecule has 0 aliphatic rings. The van der Waals surface area contributed by atoms with E-state index in [0.29, 0.717) is 0 Å². The van der Waals surface area contributed by atoms with Gasteiger partial charge in [-0.25, -0.2) is 0 Å². The highest BCUT2D eigenvalue weighted by molar-refractivity contribution is 7.87. The van der Waals surface area contributed by atoms with Crippen molar-refractivity contribution in [3.05, 3.63) is 91.4 Å². The molecule has 10 heteroatoms. The maximum atomic E-state index is 13.0. The molecule has 0 amide bonds. The van der Waals surface area contributed by atoms with Crippen LogP contribution >= 0.6 is 46.4 Å². The van der Waals surface area contributed by atoms with Crippen molar-refractivity contribution in [3.8, 4) is 11.5 Å². The molecule has 0 radical (unpaired) electrons. The smallest absolute Gasteiger partial charge is 0.283 e. The van der Waals surface area contributed by atoms with Gasteiger partial charge in [-0.3, -0.25) is 4.55 Å². The van der Waals surface area contributed by atoms with Crippen LogP contribution in [-0.4, -0.2) is 23.2 Å². The molecule has 0 heterocycles. The third-order valence-electron chi connectivity index (χ3n) is 4.40. The van der Waals surface area contributed by atoms with E-state index in [2.05, 4.69) is 0 Å². The second kappa shape index (κ2) is 7.87. The molecule has 0 aliphatic heterocycles. The molecular weight excluding hydrogens is 482 g/mol. The normalized spacial score (nSPS) is 13.8. The van der Waals surface area contributed by atoms with Gasteiger partial charge in [-0.2, -0.15) is 8.42 Å². The molecule has 3 rings (SSSR count). The molecule has 0 aromatic heterocycles. The summed E-state index contributed by atoms with van der Waals surface area (Å²) in [6.07, 6.45) is 0. The first kappa shape index (κ1) is 22.0. The number of halogens is 4. The molecular formula is C19H12Cl4O5S. The number of rotatable bonds is 4. The van der Waals surface area contributed by atoms with Gasteiger partial charge >= 0.3 is 0 Å². The van der Waals surface area contributed by atoms with Crippen LogP contribution in [0.15, 0.2) is 54.6 Å². The molecule has 1 unspecified atom stereocenters. The zero-order valence-corrected chi connectivity index (χ0v) is 18.1. The van der Waals surface area contributed by atoms with E-state index in [0.717, 1.165) is 6.07 Å². The lowest BCUT2D eigenvalue weighted by molar-refractivity contribution is 0.455. The van der Waals surface area contributed by atoms with Crippen molar-refractivity contribution in [1.82, 2.24) is 0 Å². The summed E-state index contributed by atoms with van der Waals surface area (Å²) in [5, 5.41) is 19.8. The number of phenolic OH excluding ortho intramolecular Hbond substituents is 2. The lowest BCUT2D eigenvalue weighted by Gasteiger charge is -2.34. The van der Waals surface area contributed by atoms with Crippen molar-refractivity contribution in [2.45, 2.75) is 4.75 Å². The first-order valence-corrected chi connectivity index (χ1v) is 10.8. The summed E-state index contributed by atoms with van der Waals surface area (Å²) in [4.78, 5) is 0. The van der Waals surface area contributed by atoms with E-state index in [9.17, 15) is 23.2 Å².